The van der Waals surface area contributed by atoms with E-state index in [9.17, 15) is 0 Å². The van der Waals surface area contributed by atoms with Gasteiger partial charge in [-0.25, -0.2) is 0 Å². The third-order valence-electron chi connectivity index (χ3n) is 1.29. The zero-order valence-electron chi connectivity index (χ0n) is 5.13. The fraction of sp³-hybridized carbons (Fsp3) is 0. The third-order valence-corrected chi connectivity index (χ3v) is 3.23. The molecule has 4 heteroatoms. The molecule has 0 amide bonds. The largest absolute Gasteiger partial charge is 0.399 e. The van der Waals surface area contributed by atoms with Gasteiger partial charge in [0.25, 0.3) is 0 Å². The molecule has 2 nitrogen and oxygen atoms in total. The molecular formula is C6H6N2S2. The molecule has 2 rings (SSSR count). The Labute approximate surface area is 67.1 Å². The molecule has 10 heavy (non-hydrogen) atoms. The normalized spacial score (nSPS) is 14.4. The molecule has 0 radical (unpaired) electrons. The van der Waals surface area contributed by atoms with E-state index in [2.05, 4.69) is 4.72 Å². The van der Waals surface area contributed by atoms with Gasteiger partial charge in [-0.1, -0.05) is 0 Å². The zero-order chi connectivity index (χ0) is 6.97. The highest BCUT2D eigenvalue weighted by molar-refractivity contribution is 8.77. The van der Waals surface area contributed by atoms with Crippen molar-refractivity contribution in [2.75, 3.05) is 10.5 Å². The minimum Gasteiger partial charge on any atom is -0.399 e. The van der Waals surface area contributed by atoms with E-state index in [4.69, 9.17) is 5.73 Å². The first-order chi connectivity index (χ1) is 4.86. The summed E-state index contributed by atoms with van der Waals surface area (Å²) in [7, 11) is 3.33. The second kappa shape index (κ2) is 2.29. The van der Waals surface area contributed by atoms with Gasteiger partial charge in [0, 0.05) is 21.6 Å². The quantitative estimate of drug-likeness (QED) is 0.356. The van der Waals surface area contributed by atoms with Gasteiger partial charge < -0.3 is 10.5 Å². The first-order valence-electron chi connectivity index (χ1n) is 2.85. The van der Waals surface area contributed by atoms with Crippen molar-refractivity contribution in [1.29, 1.82) is 0 Å². The lowest BCUT2D eigenvalue weighted by Gasteiger charge is -1.96. The lowest BCUT2D eigenvalue weighted by atomic mass is 10.3. The van der Waals surface area contributed by atoms with E-state index < -0.39 is 0 Å². The van der Waals surface area contributed by atoms with Crippen LogP contribution < -0.4 is 10.5 Å². The summed E-state index contributed by atoms with van der Waals surface area (Å²) in [5.41, 5.74) is 7.58. The Morgan fingerprint density at radius 2 is 2.30 bits per heavy atom. The topological polar surface area (TPSA) is 38.0 Å². The Hall–Kier alpha value is -0.480. The van der Waals surface area contributed by atoms with Gasteiger partial charge in [-0.2, -0.15) is 0 Å². The summed E-state index contributed by atoms with van der Waals surface area (Å²) in [5, 5.41) is 0. The van der Waals surface area contributed by atoms with E-state index in [-0.39, 0.29) is 0 Å². The molecule has 0 saturated carbocycles. The number of fused-ring (bicyclic) bond motifs is 1. The SMILES string of the molecule is Nc1ccc2c(c1)SSN2. The smallest absolute Gasteiger partial charge is 0.0595 e. The van der Waals surface area contributed by atoms with Gasteiger partial charge >= 0.3 is 0 Å². The molecule has 3 N–H and O–H groups in total. The highest BCUT2D eigenvalue weighted by Crippen LogP contribution is 2.44. The van der Waals surface area contributed by atoms with Crippen molar-refractivity contribution in [3.63, 3.8) is 0 Å². The standard InChI is InChI=1S/C6H6N2S2/c7-4-1-2-5-6(3-4)9-10-8-5/h1-3,8H,7H2. The molecule has 0 fully saturated rings. The molecule has 0 bridgehead atoms. The summed E-state index contributed by atoms with van der Waals surface area (Å²) in [6, 6.07) is 5.88. The van der Waals surface area contributed by atoms with Crippen LogP contribution in [0.15, 0.2) is 23.1 Å². The van der Waals surface area contributed by atoms with E-state index in [1.54, 1.807) is 21.8 Å². The second-order valence-electron chi connectivity index (χ2n) is 2.02. The summed E-state index contributed by atoms with van der Waals surface area (Å²) in [6.45, 7) is 0. The first-order valence-corrected chi connectivity index (χ1v) is 5.00. The number of nitrogen functional groups attached to an aromatic ring is 1. The summed E-state index contributed by atoms with van der Waals surface area (Å²) < 4.78 is 3.15. The third kappa shape index (κ3) is 0.932. The Morgan fingerprint density at radius 3 is 3.20 bits per heavy atom. The van der Waals surface area contributed by atoms with Gasteiger partial charge in [-0.05, 0) is 29.0 Å². The molecule has 1 aliphatic heterocycles. The fourth-order valence-electron chi connectivity index (χ4n) is 0.803. The molecular weight excluding hydrogens is 164 g/mol. The predicted molar refractivity (Wildman–Crippen MR) is 47.9 cm³/mol. The van der Waals surface area contributed by atoms with Crippen molar-refractivity contribution < 1.29 is 0 Å². The molecule has 0 spiro atoms. The lowest BCUT2D eigenvalue weighted by Crippen LogP contribution is -1.84. The second-order valence-corrected chi connectivity index (χ2v) is 4.00. The monoisotopic (exact) mass is 170 g/mol. The van der Waals surface area contributed by atoms with Crippen molar-refractivity contribution in [2.45, 2.75) is 4.90 Å². The fourth-order valence-corrected chi connectivity index (χ4v) is 2.74. The summed E-state index contributed by atoms with van der Waals surface area (Å²) in [6.07, 6.45) is 0. The highest BCUT2D eigenvalue weighted by atomic mass is 33.1. The maximum absolute atomic E-state index is 5.58. The maximum atomic E-state index is 5.58. The number of nitrogens with one attached hydrogen (secondary N) is 1. The lowest BCUT2D eigenvalue weighted by molar-refractivity contribution is 1.48. The first kappa shape index (κ1) is 6.24. The molecule has 52 valence electrons. The van der Waals surface area contributed by atoms with Crippen LogP contribution in [0.5, 0.6) is 0 Å². The van der Waals surface area contributed by atoms with Gasteiger partial charge in [-0.15, -0.1) is 0 Å². The summed E-state index contributed by atoms with van der Waals surface area (Å²) in [5.74, 6) is 0. The van der Waals surface area contributed by atoms with E-state index >= 15 is 0 Å². The molecule has 0 aliphatic carbocycles. The van der Waals surface area contributed by atoms with Crippen LogP contribution in [0.4, 0.5) is 11.4 Å². The summed E-state index contributed by atoms with van der Waals surface area (Å²) >= 11 is 0. The van der Waals surface area contributed by atoms with E-state index in [0.29, 0.717) is 0 Å². The zero-order valence-corrected chi connectivity index (χ0v) is 6.76. The van der Waals surface area contributed by atoms with Crippen LogP contribution in [-0.4, -0.2) is 0 Å². The molecule has 1 heterocycles. The van der Waals surface area contributed by atoms with Crippen molar-refractivity contribution in [3.8, 4) is 0 Å². The van der Waals surface area contributed by atoms with E-state index in [0.717, 1.165) is 5.69 Å². The van der Waals surface area contributed by atoms with Crippen LogP contribution >= 0.6 is 21.8 Å². The van der Waals surface area contributed by atoms with E-state index in [1.807, 2.05) is 18.2 Å². The molecule has 0 atom stereocenters. The van der Waals surface area contributed by atoms with Crippen molar-refractivity contribution in [1.82, 2.24) is 0 Å². The summed E-state index contributed by atoms with van der Waals surface area (Å²) in [4.78, 5) is 1.23. The number of nitrogens with two attached hydrogens (primary N) is 1. The van der Waals surface area contributed by atoms with Crippen molar-refractivity contribution in [2.24, 2.45) is 0 Å². The average Bonchev–Trinajstić information content (AvgIpc) is 2.33. The predicted octanol–water partition coefficient (Wildman–Crippen LogP) is 2.35. The van der Waals surface area contributed by atoms with Gasteiger partial charge in [0.1, 0.15) is 0 Å². The number of benzene rings is 1. The number of hydrogen-bond acceptors (Lipinski definition) is 4. The Kier molecular flexibility index (Phi) is 1.43. The average molecular weight is 170 g/mol. The number of rotatable bonds is 0. The number of hydrogen-bond donors (Lipinski definition) is 2. The van der Waals surface area contributed by atoms with E-state index in [1.165, 1.54) is 10.6 Å². The van der Waals surface area contributed by atoms with Crippen molar-refractivity contribution >= 4 is 33.1 Å². The van der Waals surface area contributed by atoms with Crippen LogP contribution in [0.2, 0.25) is 0 Å². The van der Waals surface area contributed by atoms with Crippen LogP contribution in [-0.2, 0) is 0 Å². The Balaban J connectivity index is 2.52. The molecule has 0 unspecified atom stereocenters. The molecule has 0 aromatic heterocycles. The van der Waals surface area contributed by atoms with Crippen LogP contribution in [0.25, 0.3) is 0 Å². The van der Waals surface area contributed by atoms with Crippen molar-refractivity contribution in [3.05, 3.63) is 18.2 Å². The van der Waals surface area contributed by atoms with Gasteiger partial charge in [0.2, 0.25) is 0 Å². The maximum Gasteiger partial charge on any atom is 0.0595 e. The van der Waals surface area contributed by atoms with Crippen LogP contribution in [0, 0.1) is 0 Å². The minimum absolute atomic E-state index is 0.829. The Bertz CT molecular complexity index is 262. The van der Waals surface area contributed by atoms with Gasteiger partial charge in [0.15, 0.2) is 0 Å². The van der Waals surface area contributed by atoms with Gasteiger partial charge in [-0.3, -0.25) is 0 Å². The van der Waals surface area contributed by atoms with Gasteiger partial charge in [0.05, 0.1) is 5.69 Å². The molecule has 1 aromatic rings. The molecule has 1 aliphatic rings. The number of anilines is 2. The Morgan fingerprint density at radius 1 is 1.40 bits per heavy atom. The minimum atomic E-state index is 0.829. The van der Waals surface area contributed by atoms with Crippen LogP contribution in [0.1, 0.15) is 0 Å². The molecule has 1 aromatic carbocycles. The van der Waals surface area contributed by atoms with Crippen LogP contribution in [0.3, 0.4) is 0 Å². The molecule has 0 saturated heterocycles. The highest BCUT2D eigenvalue weighted by Gasteiger charge is 2.10.